The highest BCUT2D eigenvalue weighted by Gasteiger charge is 2.33. The van der Waals surface area contributed by atoms with Crippen molar-refractivity contribution in [2.75, 3.05) is 5.75 Å². The summed E-state index contributed by atoms with van der Waals surface area (Å²) in [6.45, 7) is 0.515. The molecular formula is C20H17NO3S2. The molecule has 0 amide bonds. The molecule has 4 rings (SSSR count). The summed E-state index contributed by atoms with van der Waals surface area (Å²) in [6.07, 6.45) is 1.00. The van der Waals surface area contributed by atoms with Gasteiger partial charge in [-0.3, -0.25) is 4.79 Å². The van der Waals surface area contributed by atoms with Crippen LogP contribution in [0.25, 0.3) is 0 Å². The number of thioether (sulfide) groups is 1. The highest BCUT2D eigenvalue weighted by molar-refractivity contribution is 7.99. The van der Waals surface area contributed by atoms with Crippen LogP contribution in [0.3, 0.4) is 0 Å². The van der Waals surface area contributed by atoms with E-state index in [0.29, 0.717) is 12.4 Å². The monoisotopic (exact) mass is 383 g/mol. The van der Waals surface area contributed by atoms with Gasteiger partial charge in [0.1, 0.15) is 18.6 Å². The number of hydrogen-bond donors (Lipinski definition) is 1. The third-order valence-corrected chi connectivity index (χ3v) is 6.69. The Kier molecular flexibility index (Phi) is 4.95. The molecule has 1 aliphatic heterocycles. The van der Waals surface area contributed by atoms with E-state index < -0.39 is 0 Å². The van der Waals surface area contributed by atoms with Crippen LogP contribution in [0.5, 0.6) is 5.75 Å². The van der Waals surface area contributed by atoms with Crippen LogP contribution in [-0.4, -0.2) is 17.0 Å². The summed E-state index contributed by atoms with van der Waals surface area (Å²) in [5.41, 5.74) is 2.15. The molecule has 1 N–H and O–H groups in total. The number of nitrogens with one attached hydrogen (secondary N) is 1. The average molecular weight is 383 g/mol. The van der Waals surface area contributed by atoms with Gasteiger partial charge in [0.25, 0.3) is 0 Å². The lowest BCUT2D eigenvalue weighted by Crippen LogP contribution is -2.21. The summed E-state index contributed by atoms with van der Waals surface area (Å²) in [7, 11) is 0. The van der Waals surface area contributed by atoms with Crippen LogP contribution in [0, 0.1) is 5.92 Å². The Labute approximate surface area is 159 Å². The molecular weight excluding hydrogens is 366 g/mol. The van der Waals surface area contributed by atoms with Crippen molar-refractivity contribution in [3.8, 4) is 5.75 Å². The molecule has 6 heteroatoms. The van der Waals surface area contributed by atoms with E-state index >= 15 is 0 Å². The Morgan fingerprint density at radius 3 is 2.62 bits per heavy atom. The van der Waals surface area contributed by atoms with E-state index in [-0.39, 0.29) is 16.7 Å². The summed E-state index contributed by atoms with van der Waals surface area (Å²) in [4.78, 5) is 27.1. The number of H-pyrrole nitrogens is 1. The van der Waals surface area contributed by atoms with Crippen LogP contribution in [0.1, 0.15) is 21.9 Å². The number of fused-ring (bicyclic) bond motifs is 1. The third kappa shape index (κ3) is 3.48. The number of benzene rings is 2. The van der Waals surface area contributed by atoms with Gasteiger partial charge in [0, 0.05) is 22.5 Å². The first-order valence-corrected chi connectivity index (χ1v) is 10.1. The zero-order chi connectivity index (χ0) is 17.9. The number of hydrogen-bond acceptors (Lipinski definition) is 5. The smallest absolute Gasteiger partial charge is 0.305 e. The van der Waals surface area contributed by atoms with Gasteiger partial charge in [-0.15, -0.1) is 11.8 Å². The molecule has 4 nitrogen and oxygen atoms in total. The van der Waals surface area contributed by atoms with Crippen LogP contribution in [0.15, 0.2) is 64.4 Å². The maximum atomic E-state index is 11.7. The number of aldehydes is 1. The topological polar surface area (TPSA) is 59.2 Å². The molecule has 0 fully saturated rings. The fraction of sp³-hybridized carbons (Fsp3) is 0.200. The molecule has 2 atom stereocenters. The van der Waals surface area contributed by atoms with Crippen molar-refractivity contribution in [2.24, 2.45) is 5.92 Å². The van der Waals surface area contributed by atoms with Gasteiger partial charge < -0.3 is 14.5 Å². The van der Waals surface area contributed by atoms with Gasteiger partial charge in [0.15, 0.2) is 0 Å². The minimum absolute atomic E-state index is 0.0677. The number of aromatic amines is 1. The van der Waals surface area contributed by atoms with E-state index in [2.05, 4.69) is 4.98 Å². The molecule has 132 valence electrons. The highest BCUT2D eigenvalue weighted by atomic mass is 32.2. The van der Waals surface area contributed by atoms with Crippen molar-refractivity contribution in [3.05, 3.63) is 80.3 Å². The number of rotatable bonds is 5. The second kappa shape index (κ2) is 7.51. The SMILES string of the molecule is O=C[C@H]1CSc2[nH]c(=O)sc2[C@H]1c1ccc(OCc2ccccc2)cc1. The maximum absolute atomic E-state index is 11.7. The standard InChI is InChI=1S/C20H17NO3S2/c22-10-15-12-25-19-18(26-20(23)21-19)17(15)14-6-8-16(9-7-14)24-11-13-4-2-1-3-5-13/h1-10,15,17H,11-12H2,(H,21,23)/t15-,17-/m0/s1. The van der Waals surface area contributed by atoms with Crippen LogP contribution in [-0.2, 0) is 11.4 Å². The van der Waals surface area contributed by atoms with E-state index in [4.69, 9.17) is 4.74 Å². The highest BCUT2D eigenvalue weighted by Crippen LogP contribution is 2.44. The Hall–Kier alpha value is -2.31. The van der Waals surface area contributed by atoms with Crippen LogP contribution >= 0.6 is 23.1 Å². The molecule has 3 aromatic rings. The van der Waals surface area contributed by atoms with Crippen molar-refractivity contribution >= 4 is 29.4 Å². The molecule has 2 heterocycles. The summed E-state index contributed by atoms with van der Waals surface area (Å²) in [6, 6.07) is 17.8. The Bertz CT molecular complexity index is 947. The van der Waals surface area contributed by atoms with E-state index in [1.165, 1.54) is 11.3 Å². The quantitative estimate of drug-likeness (QED) is 0.675. The Balaban J connectivity index is 1.55. The first kappa shape index (κ1) is 17.1. The van der Waals surface area contributed by atoms with Gasteiger partial charge in [-0.2, -0.15) is 0 Å². The van der Waals surface area contributed by atoms with Gasteiger partial charge >= 0.3 is 4.87 Å². The zero-order valence-corrected chi connectivity index (χ0v) is 15.5. The molecule has 1 aromatic heterocycles. The molecule has 0 aliphatic carbocycles. The Morgan fingerprint density at radius 2 is 1.88 bits per heavy atom. The minimum Gasteiger partial charge on any atom is -0.489 e. The lowest BCUT2D eigenvalue weighted by Gasteiger charge is -2.27. The van der Waals surface area contributed by atoms with Crippen molar-refractivity contribution < 1.29 is 9.53 Å². The second-order valence-corrected chi connectivity index (χ2v) is 8.18. The van der Waals surface area contributed by atoms with E-state index in [0.717, 1.165) is 33.1 Å². The van der Waals surface area contributed by atoms with Gasteiger partial charge in [-0.1, -0.05) is 53.8 Å². The fourth-order valence-electron chi connectivity index (χ4n) is 3.14. The molecule has 0 spiro atoms. The van der Waals surface area contributed by atoms with Crippen molar-refractivity contribution in [1.29, 1.82) is 0 Å². The number of carbonyl (C=O) groups is 1. The minimum atomic E-state index is -0.130. The van der Waals surface area contributed by atoms with E-state index in [1.807, 2.05) is 54.6 Å². The van der Waals surface area contributed by atoms with Crippen LogP contribution in [0.2, 0.25) is 0 Å². The lowest BCUT2D eigenvalue weighted by atomic mass is 9.86. The molecule has 0 saturated heterocycles. The number of carbonyl (C=O) groups excluding carboxylic acids is 1. The predicted molar refractivity (Wildman–Crippen MR) is 104 cm³/mol. The van der Waals surface area contributed by atoms with Crippen molar-refractivity contribution in [1.82, 2.24) is 4.98 Å². The third-order valence-electron chi connectivity index (χ3n) is 4.44. The fourth-order valence-corrected chi connectivity index (χ4v) is 5.50. The van der Waals surface area contributed by atoms with E-state index in [1.54, 1.807) is 11.8 Å². The summed E-state index contributed by atoms with van der Waals surface area (Å²) < 4.78 is 5.83. The molecule has 0 unspecified atom stereocenters. The maximum Gasteiger partial charge on any atom is 0.305 e. The predicted octanol–water partition coefficient (Wildman–Crippen LogP) is 4.07. The number of thiazole rings is 1. The molecule has 0 bridgehead atoms. The van der Waals surface area contributed by atoms with Crippen molar-refractivity contribution in [3.63, 3.8) is 0 Å². The first-order valence-electron chi connectivity index (χ1n) is 8.32. The van der Waals surface area contributed by atoms with Gasteiger partial charge in [-0.25, -0.2) is 0 Å². The largest absolute Gasteiger partial charge is 0.489 e. The average Bonchev–Trinajstić information content (AvgIpc) is 3.07. The Morgan fingerprint density at radius 1 is 1.12 bits per heavy atom. The van der Waals surface area contributed by atoms with Crippen LogP contribution in [0.4, 0.5) is 0 Å². The first-order chi connectivity index (χ1) is 12.7. The molecule has 0 radical (unpaired) electrons. The van der Waals surface area contributed by atoms with Gasteiger partial charge in [0.2, 0.25) is 0 Å². The summed E-state index contributed by atoms with van der Waals surface area (Å²) in [5.74, 6) is 1.26. The lowest BCUT2D eigenvalue weighted by molar-refractivity contribution is -0.110. The van der Waals surface area contributed by atoms with Crippen molar-refractivity contribution in [2.45, 2.75) is 17.6 Å². The summed E-state index contributed by atoms with van der Waals surface area (Å²) >= 11 is 2.75. The van der Waals surface area contributed by atoms with E-state index in [9.17, 15) is 9.59 Å². The van der Waals surface area contributed by atoms with Gasteiger partial charge in [0.05, 0.1) is 5.03 Å². The second-order valence-electron chi connectivity index (χ2n) is 6.14. The number of ether oxygens (including phenoxy) is 1. The normalized spacial score (nSPS) is 18.9. The number of aromatic nitrogens is 1. The molecule has 0 saturated carbocycles. The van der Waals surface area contributed by atoms with Crippen LogP contribution < -0.4 is 9.61 Å². The van der Waals surface area contributed by atoms with Gasteiger partial charge in [-0.05, 0) is 23.3 Å². The molecule has 1 aliphatic rings. The zero-order valence-electron chi connectivity index (χ0n) is 13.9. The molecule has 2 aromatic carbocycles. The molecule has 26 heavy (non-hydrogen) atoms. The summed E-state index contributed by atoms with van der Waals surface area (Å²) in [5, 5.41) is 0.896.